The highest BCUT2D eigenvalue weighted by Crippen LogP contribution is 2.25. The van der Waals surface area contributed by atoms with Crippen molar-refractivity contribution in [2.45, 2.75) is 34.2 Å². The molecule has 20 heavy (non-hydrogen) atoms. The van der Waals surface area contributed by atoms with Gasteiger partial charge in [-0.25, -0.2) is 4.68 Å². The molecule has 1 aromatic heterocycles. The third-order valence-corrected chi connectivity index (χ3v) is 3.28. The van der Waals surface area contributed by atoms with Gasteiger partial charge >= 0.3 is 5.97 Å². The Morgan fingerprint density at radius 2 is 2.05 bits per heavy atom. The third-order valence-electron chi connectivity index (χ3n) is 3.28. The highest BCUT2D eigenvalue weighted by Gasteiger charge is 2.29. The van der Waals surface area contributed by atoms with E-state index in [2.05, 4.69) is 21.6 Å². The molecule has 0 spiro atoms. The third kappa shape index (κ3) is 2.68. The maximum absolute atomic E-state index is 11.2. The minimum atomic E-state index is -0.928. The molecule has 0 fully saturated rings. The van der Waals surface area contributed by atoms with Crippen molar-refractivity contribution in [3.63, 3.8) is 0 Å². The van der Waals surface area contributed by atoms with Gasteiger partial charge in [-0.05, 0) is 43.7 Å². The molecule has 0 aliphatic heterocycles. The highest BCUT2D eigenvalue weighted by molar-refractivity contribution is 5.73. The van der Waals surface area contributed by atoms with E-state index >= 15 is 0 Å². The molecule has 0 bridgehead atoms. The Balaban J connectivity index is 2.41. The first-order chi connectivity index (χ1) is 9.31. The van der Waals surface area contributed by atoms with E-state index in [1.54, 1.807) is 18.5 Å². The molecule has 1 heterocycles. The standard InChI is InChI=1S/C14H18N4O2/c1-9-5-6-11(10(2)7-9)12-15-16-17-18(12)8-14(3,4)13(19)20/h5-7H,8H2,1-4H3,(H,19,20). The second-order valence-corrected chi connectivity index (χ2v) is 5.67. The lowest BCUT2D eigenvalue weighted by atomic mass is 9.94. The van der Waals surface area contributed by atoms with Crippen LogP contribution in [-0.4, -0.2) is 31.3 Å². The maximum atomic E-state index is 11.2. The Bertz CT molecular complexity index is 646. The fourth-order valence-corrected chi connectivity index (χ4v) is 2.01. The smallest absolute Gasteiger partial charge is 0.310 e. The number of benzene rings is 1. The molecule has 0 saturated carbocycles. The molecule has 0 aliphatic rings. The SMILES string of the molecule is Cc1ccc(-c2nnnn2CC(C)(C)C(=O)O)c(C)c1. The van der Waals surface area contributed by atoms with Gasteiger partial charge in [-0.15, -0.1) is 5.10 Å². The van der Waals surface area contributed by atoms with Gasteiger partial charge in [0.2, 0.25) is 0 Å². The van der Waals surface area contributed by atoms with Gasteiger partial charge in [0.15, 0.2) is 5.82 Å². The van der Waals surface area contributed by atoms with Crippen LogP contribution in [0.1, 0.15) is 25.0 Å². The number of carboxylic acid groups (broad SMARTS) is 1. The number of hydrogen-bond acceptors (Lipinski definition) is 4. The molecule has 106 valence electrons. The zero-order valence-electron chi connectivity index (χ0n) is 12.1. The Labute approximate surface area is 117 Å². The Kier molecular flexibility index (Phi) is 3.57. The Morgan fingerprint density at radius 1 is 1.35 bits per heavy atom. The molecule has 0 unspecified atom stereocenters. The Hall–Kier alpha value is -2.24. The first-order valence-corrected chi connectivity index (χ1v) is 6.38. The summed E-state index contributed by atoms with van der Waals surface area (Å²) in [6, 6.07) is 6.00. The molecular weight excluding hydrogens is 256 g/mol. The molecule has 2 aromatic rings. The van der Waals surface area contributed by atoms with Crippen LogP contribution in [0.4, 0.5) is 0 Å². The van der Waals surface area contributed by atoms with Crippen molar-refractivity contribution < 1.29 is 9.90 Å². The van der Waals surface area contributed by atoms with Crippen LogP contribution in [-0.2, 0) is 11.3 Å². The van der Waals surface area contributed by atoms with Crippen LogP contribution in [0.5, 0.6) is 0 Å². The van der Waals surface area contributed by atoms with Gasteiger partial charge in [0.1, 0.15) is 0 Å². The van der Waals surface area contributed by atoms with E-state index in [4.69, 9.17) is 0 Å². The van der Waals surface area contributed by atoms with Crippen LogP contribution in [0.15, 0.2) is 18.2 Å². The zero-order valence-corrected chi connectivity index (χ0v) is 12.1. The summed E-state index contributed by atoms with van der Waals surface area (Å²) < 4.78 is 1.55. The van der Waals surface area contributed by atoms with Crippen LogP contribution in [0.2, 0.25) is 0 Å². The summed E-state index contributed by atoms with van der Waals surface area (Å²) in [7, 11) is 0. The van der Waals surface area contributed by atoms with Crippen molar-refractivity contribution in [3.8, 4) is 11.4 Å². The van der Waals surface area contributed by atoms with Crippen LogP contribution < -0.4 is 0 Å². The summed E-state index contributed by atoms with van der Waals surface area (Å²) in [4.78, 5) is 11.2. The largest absolute Gasteiger partial charge is 0.481 e. The van der Waals surface area contributed by atoms with Crippen molar-refractivity contribution in [1.82, 2.24) is 20.2 Å². The van der Waals surface area contributed by atoms with E-state index in [0.29, 0.717) is 5.82 Å². The topological polar surface area (TPSA) is 80.9 Å². The predicted molar refractivity (Wildman–Crippen MR) is 74.1 cm³/mol. The van der Waals surface area contributed by atoms with E-state index in [0.717, 1.165) is 16.7 Å². The first kappa shape index (κ1) is 14.2. The fourth-order valence-electron chi connectivity index (χ4n) is 2.01. The predicted octanol–water partition coefficient (Wildman–Crippen LogP) is 2.07. The lowest BCUT2D eigenvalue weighted by Gasteiger charge is -2.19. The number of aromatic nitrogens is 4. The molecule has 0 radical (unpaired) electrons. The summed E-state index contributed by atoms with van der Waals surface area (Å²) in [6.07, 6.45) is 0. The van der Waals surface area contributed by atoms with Crippen LogP contribution in [0.25, 0.3) is 11.4 Å². The van der Waals surface area contributed by atoms with Crippen molar-refractivity contribution in [3.05, 3.63) is 29.3 Å². The summed E-state index contributed by atoms with van der Waals surface area (Å²) in [5.41, 5.74) is 2.22. The van der Waals surface area contributed by atoms with Gasteiger partial charge < -0.3 is 5.11 Å². The van der Waals surface area contributed by atoms with Gasteiger partial charge in [-0.1, -0.05) is 23.8 Å². The second-order valence-electron chi connectivity index (χ2n) is 5.67. The molecule has 6 heteroatoms. The molecular formula is C14H18N4O2. The number of carboxylic acids is 1. The normalized spacial score (nSPS) is 11.6. The second kappa shape index (κ2) is 5.03. The quantitative estimate of drug-likeness (QED) is 0.923. The van der Waals surface area contributed by atoms with Gasteiger partial charge in [-0.2, -0.15) is 0 Å². The van der Waals surface area contributed by atoms with E-state index in [1.165, 1.54) is 0 Å². The number of aliphatic carboxylic acids is 1. The number of hydrogen-bond donors (Lipinski definition) is 1. The van der Waals surface area contributed by atoms with Crippen molar-refractivity contribution >= 4 is 5.97 Å². The van der Waals surface area contributed by atoms with Crippen LogP contribution in [0.3, 0.4) is 0 Å². The fraction of sp³-hybridized carbons (Fsp3) is 0.429. The molecule has 1 N–H and O–H groups in total. The monoisotopic (exact) mass is 274 g/mol. The van der Waals surface area contributed by atoms with E-state index < -0.39 is 11.4 Å². The number of rotatable bonds is 4. The first-order valence-electron chi connectivity index (χ1n) is 6.38. The zero-order chi connectivity index (χ0) is 14.9. The molecule has 6 nitrogen and oxygen atoms in total. The van der Waals surface area contributed by atoms with Crippen molar-refractivity contribution in [2.24, 2.45) is 5.41 Å². The molecule has 2 rings (SSSR count). The highest BCUT2D eigenvalue weighted by atomic mass is 16.4. The van der Waals surface area contributed by atoms with E-state index in [-0.39, 0.29) is 6.54 Å². The minimum Gasteiger partial charge on any atom is -0.481 e. The van der Waals surface area contributed by atoms with Crippen molar-refractivity contribution in [1.29, 1.82) is 0 Å². The molecule has 1 aromatic carbocycles. The summed E-state index contributed by atoms with van der Waals surface area (Å²) in [6.45, 7) is 7.54. The number of nitrogens with zero attached hydrogens (tertiary/aromatic N) is 4. The van der Waals surface area contributed by atoms with Gasteiger partial charge in [0, 0.05) is 5.56 Å². The van der Waals surface area contributed by atoms with Gasteiger partial charge in [-0.3, -0.25) is 4.79 Å². The van der Waals surface area contributed by atoms with E-state index in [9.17, 15) is 9.90 Å². The van der Waals surface area contributed by atoms with Gasteiger partial charge in [0.25, 0.3) is 0 Å². The lowest BCUT2D eigenvalue weighted by molar-refractivity contribution is -0.147. The molecule has 0 atom stereocenters. The number of carbonyl (C=O) groups is 1. The summed E-state index contributed by atoms with van der Waals surface area (Å²) in [5, 5.41) is 20.8. The van der Waals surface area contributed by atoms with Crippen LogP contribution in [0, 0.1) is 19.3 Å². The molecule has 0 aliphatic carbocycles. The Morgan fingerprint density at radius 3 is 2.65 bits per heavy atom. The van der Waals surface area contributed by atoms with E-state index in [1.807, 2.05) is 26.0 Å². The maximum Gasteiger partial charge on any atom is 0.310 e. The molecule has 0 amide bonds. The van der Waals surface area contributed by atoms with Crippen LogP contribution >= 0.6 is 0 Å². The number of aryl methyl sites for hydroxylation is 2. The summed E-state index contributed by atoms with van der Waals surface area (Å²) in [5.74, 6) is -0.281. The minimum absolute atomic E-state index is 0.220. The summed E-state index contributed by atoms with van der Waals surface area (Å²) >= 11 is 0. The molecule has 0 saturated heterocycles. The average molecular weight is 274 g/mol. The van der Waals surface area contributed by atoms with Gasteiger partial charge in [0.05, 0.1) is 12.0 Å². The lowest BCUT2D eigenvalue weighted by Crippen LogP contribution is -2.30. The number of tetrazole rings is 1. The van der Waals surface area contributed by atoms with Crippen molar-refractivity contribution in [2.75, 3.05) is 0 Å². The average Bonchev–Trinajstić information content (AvgIpc) is 2.76.